The van der Waals surface area contributed by atoms with Crippen LogP contribution in [-0.4, -0.2) is 15.9 Å². The summed E-state index contributed by atoms with van der Waals surface area (Å²) in [4.78, 5) is 22.6. The molecule has 0 radical (unpaired) electrons. The molecular weight excluding hydrogens is 124 g/mol. The van der Waals surface area contributed by atoms with Crippen LogP contribution < -0.4 is 5.76 Å². The fourth-order valence-electron chi connectivity index (χ4n) is 0.382. The molecule has 0 aliphatic carbocycles. The van der Waals surface area contributed by atoms with Gasteiger partial charge < -0.3 is 0 Å². The van der Waals surface area contributed by atoms with Gasteiger partial charge in [-0.3, -0.25) is 14.3 Å². The number of rotatable bonds is 1. The number of hydrogen-bond acceptors (Lipinski definition) is 4. The number of nitrogens with one attached hydrogen (secondary N) is 1. The van der Waals surface area contributed by atoms with Gasteiger partial charge in [-0.05, 0) is 0 Å². The molecule has 0 fully saturated rings. The molecule has 0 bridgehead atoms. The highest BCUT2D eigenvalue weighted by Crippen LogP contribution is 1.82. The Labute approximate surface area is 51.2 Å². The van der Waals surface area contributed by atoms with Gasteiger partial charge in [0, 0.05) is 8.35 Å². The van der Waals surface area contributed by atoms with Crippen molar-refractivity contribution in [2.75, 3.05) is 0 Å². The molecule has 5 nitrogen and oxygen atoms in total. The number of aromatic nitrogens is 2. The van der Waals surface area contributed by atoms with Gasteiger partial charge >= 0.3 is 5.76 Å². The summed E-state index contributed by atoms with van der Waals surface area (Å²) in [5.74, 6) is -1.07. The van der Waals surface area contributed by atoms with Gasteiger partial charge in [0.1, 0.15) is 0 Å². The first-order chi connectivity index (χ1) is 4.20. The summed E-state index contributed by atoms with van der Waals surface area (Å²) >= 11 is 0. The fraction of sp³-hybridized carbons (Fsp3) is 0.250. The van der Waals surface area contributed by atoms with Crippen molar-refractivity contribution in [1.82, 2.24) is 10.1 Å². The second kappa shape index (κ2) is 1.85. The number of carbonyl (C=O) groups excluding carboxylic acids is 1. The summed E-state index contributed by atoms with van der Waals surface area (Å²) in [5.41, 5.74) is 0. The third kappa shape index (κ3) is 1.04. The van der Waals surface area contributed by atoms with Crippen molar-refractivity contribution in [3.63, 3.8) is 0 Å². The molecule has 1 N–H and O–H groups in total. The molecule has 1 aromatic heterocycles. The van der Waals surface area contributed by atoms with Crippen molar-refractivity contribution in [3.05, 3.63) is 16.4 Å². The lowest BCUT2D eigenvalue weighted by Gasteiger charge is -1.75. The predicted molar refractivity (Wildman–Crippen MR) is 29.2 cm³/mol. The van der Waals surface area contributed by atoms with Gasteiger partial charge in [-0.25, -0.2) is 4.79 Å². The summed E-state index contributed by atoms with van der Waals surface area (Å²) in [6.45, 7) is 1.29. The van der Waals surface area contributed by atoms with Crippen LogP contribution in [0.1, 0.15) is 19.0 Å². The van der Waals surface area contributed by atoms with Crippen molar-refractivity contribution in [2.45, 2.75) is 6.92 Å². The number of aromatic amines is 1. The van der Waals surface area contributed by atoms with E-state index in [1.807, 2.05) is 0 Å². The number of hydrogen-bond donors (Lipinski definition) is 1. The molecule has 0 atom stereocenters. The Morgan fingerprint density at radius 1 is 1.89 bits per heavy atom. The average molecular weight is 130 g/mol. The molecule has 0 amide bonds. The molecular formula is C4H6N2O3. The maximum atomic E-state index is 10.4. The second-order valence-corrected chi connectivity index (χ2v) is 1.50. The van der Waals surface area contributed by atoms with E-state index in [0.717, 1.165) is 0 Å². The first kappa shape index (κ1) is 5.74. The van der Waals surface area contributed by atoms with Crippen molar-refractivity contribution >= 4 is 5.78 Å². The zero-order valence-corrected chi connectivity index (χ0v) is 4.67. The summed E-state index contributed by atoms with van der Waals surface area (Å²) in [6, 6.07) is 0. The monoisotopic (exact) mass is 130 g/mol. The largest absolute Gasteiger partial charge is 0.439 e. The molecule has 0 saturated heterocycles. The summed E-state index contributed by atoms with van der Waals surface area (Å²) in [6.07, 6.45) is 0. The minimum atomic E-state index is -0.708. The summed E-state index contributed by atoms with van der Waals surface area (Å²) in [5, 5.41) is 3.12. The van der Waals surface area contributed by atoms with Gasteiger partial charge in [-0.1, -0.05) is 5.16 Å². The Morgan fingerprint density at radius 3 is 2.78 bits per heavy atom. The molecule has 0 aromatic carbocycles. The zero-order chi connectivity index (χ0) is 6.85. The van der Waals surface area contributed by atoms with Crippen LogP contribution >= 0.6 is 0 Å². The highest BCUT2D eigenvalue weighted by Gasteiger charge is 2.03. The molecule has 0 aliphatic heterocycles. The Balaban J connectivity index is 0.000000810. The molecule has 1 heterocycles. The number of H-pyrrole nitrogens is 1. The lowest BCUT2D eigenvalue weighted by molar-refractivity contribution is 0.100. The van der Waals surface area contributed by atoms with Crippen LogP contribution in [0, 0.1) is 0 Å². The van der Waals surface area contributed by atoms with E-state index in [2.05, 4.69) is 14.7 Å². The molecule has 0 spiro atoms. The van der Waals surface area contributed by atoms with Gasteiger partial charge in [0.15, 0.2) is 5.78 Å². The van der Waals surface area contributed by atoms with Crippen molar-refractivity contribution in [3.8, 4) is 0 Å². The van der Waals surface area contributed by atoms with E-state index in [1.54, 1.807) is 0 Å². The zero-order valence-electron chi connectivity index (χ0n) is 4.67. The Kier molecular flexibility index (Phi) is 1.18. The molecule has 50 valence electrons. The maximum absolute atomic E-state index is 10.4. The molecule has 0 aliphatic rings. The van der Waals surface area contributed by atoms with Gasteiger partial charge in [-0.2, -0.15) is 0 Å². The molecule has 9 heavy (non-hydrogen) atoms. The molecule has 0 unspecified atom stereocenters. The van der Waals surface area contributed by atoms with E-state index < -0.39 is 5.76 Å². The minimum absolute atomic E-state index is 0. The highest BCUT2D eigenvalue weighted by atomic mass is 16.5. The molecule has 1 rings (SSSR count). The topological polar surface area (TPSA) is 76.0 Å². The van der Waals surface area contributed by atoms with Crippen molar-refractivity contribution in [1.29, 1.82) is 0 Å². The summed E-state index contributed by atoms with van der Waals surface area (Å²) in [7, 11) is 0. The number of nitrogens with zero attached hydrogens (tertiary/aromatic N) is 1. The van der Waals surface area contributed by atoms with E-state index in [9.17, 15) is 9.59 Å². The number of carbonyl (C=O) groups is 1. The Bertz CT molecular complexity index is 276. The standard InChI is InChI=1S/C4H4N2O3.H2/c1-2(7)3-5-4(8)9-6-3;/h1H3,(H,5,6,8);1H. The van der Waals surface area contributed by atoms with Crippen LogP contribution in [0.3, 0.4) is 0 Å². The number of ketones is 1. The van der Waals surface area contributed by atoms with Crippen LogP contribution in [0.5, 0.6) is 0 Å². The van der Waals surface area contributed by atoms with Crippen LogP contribution in [0.25, 0.3) is 0 Å². The molecule has 1 aromatic rings. The number of Topliss-reactive ketones (excluding diaryl/α,β-unsaturated/α-hetero) is 1. The van der Waals surface area contributed by atoms with Gasteiger partial charge in [0.25, 0.3) is 0 Å². The Hall–Kier alpha value is -1.39. The minimum Gasteiger partial charge on any atom is -0.295 e. The molecule has 0 saturated carbocycles. The van der Waals surface area contributed by atoms with E-state index in [0.29, 0.717) is 0 Å². The third-order valence-electron chi connectivity index (χ3n) is 0.774. The van der Waals surface area contributed by atoms with E-state index in [1.165, 1.54) is 6.92 Å². The fourth-order valence-corrected chi connectivity index (χ4v) is 0.382. The maximum Gasteiger partial charge on any atom is 0.439 e. The third-order valence-corrected chi connectivity index (χ3v) is 0.774. The normalized spacial score (nSPS) is 9.44. The smallest absolute Gasteiger partial charge is 0.295 e. The lowest BCUT2D eigenvalue weighted by atomic mass is 10.4. The van der Waals surface area contributed by atoms with E-state index in [4.69, 9.17) is 0 Å². The first-order valence-corrected chi connectivity index (χ1v) is 2.27. The van der Waals surface area contributed by atoms with Gasteiger partial charge in [-0.15, -0.1) is 0 Å². The van der Waals surface area contributed by atoms with Crippen LogP contribution in [0.2, 0.25) is 0 Å². The summed E-state index contributed by atoms with van der Waals surface area (Å²) < 4.78 is 4.04. The van der Waals surface area contributed by atoms with Crippen LogP contribution in [0.4, 0.5) is 0 Å². The first-order valence-electron chi connectivity index (χ1n) is 2.27. The average Bonchev–Trinajstić information content (AvgIpc) is 2.14. The predicted octanol–water partition coefficient (Wildman–Crippen LogP) is -0.189. The van der Waals surface area contributed by atoms with Gasteiger partial charge in [0.2, 0.25) is 5.82 Å². The van der Waals surface area contributed by atoms with E-state index >= 15 is 0 Å². The van der Waals surface area contributed by atoms with Crippen LogP contribution in [-0.2, 0) is 0 Å². The Morgan fingerprint density at radius 2 is 2.56 bits per heavy atom. The quantitative estimate of drug-likeness (QED) is 0.534. The SMILES string of the molecule is CC(=O)c1noc(=O)[nH]1.[HH]. The van der Waals surface area contributed by atoms with Crippen molar-refractivity contribution < 1.29 is 10.7 Å². The lowest BCUT2D eigenvalue weighted by Crippen LogP contribution is -2.00. The second-order valence-electron chi connectivity index (χ2n) is 1.50. The van der Waals surface area contributed by atoms with Gasteiger partial charge in [0.05, 0.1) is 0 Å². The molecule has 5 heteroatoms. The van der Waals surface area contributed by atoms with Crippen molar-refractivity contribution in [2.24, 2.45) is 0 Å². The highest BCUT2D eigenvalue weighted by molar-refractivity contribution is 5.89. The van der Waals surface area contributed by atoms with E-state index in [-0.39, 0.29) is 13.0 Å². The van der Waals surface area contributed by atoms with Crippen LogP contribution in [0.15, 0.2) is 9.32 Å².